The summed E-state index contributed by atoms with van der Waals surface area (Å²) in [4.78, 5) is 37.5. The van der Waals surface area contributed by atoms with E-state index in [9.17, 15) is 14.4 Å². The van der Waals surface area contributed by atoms with Gasteiger partial charge in [0.25, 0.3) is 0 Å². The number of aromatic nitrogens is 2. The summed E-state index contributed by atoms with van der Waals surface area (Å²) in [6.07, 6.45) is -0.616. The van der Waals surface area contributed by atoms with Crippen LogP contribution in [0.15, 0.2) is 4.52 Å². The summed E-state index contributed by atoms with van der Waals surface area (Å²) in [6.45, 7) is -1.19. The Kier molecular flexibility index (Phi) is 7.71. The quantitative estimate of drug-likeness (QED) is 0.233. The molecule has 0 aromatic carbocycles. The van der Waals surface area contributed by atoms with Crippen LogP contribution >= 0.6 is 0 Å². The molecule has 25 heavy (non-hydrogen) atoms. The van der Waals surface area contributed by atoms with Gasteiger partial charge in [0.2, 0.25) is 5.89 Å². The molecule has 7 N–H and O–H groups in total. The molecule has 0 radical (unpaired) electrons. The van der Waals surface area contributed by atoms with Crippen molar-refractivity contribution >= 4 is 18.0 Å². The third kappa shape index (κ3) is 5.98. The van der Waals surface area contributed by atoms with Crippen LogP contribution < -0.4 is 16.0 Å². The Labute approximate surface area is 141 Å². The van der Waals surface area contributed by atoms with E-state index in [1.807, 2.05) is 5.32 Å². The van der Waals surface area contributed by atoms with Crippen molar-refractivity contribution in [2.75, 3.05) is 20.3 Å². The fourth-order valence-corrected chi connectivity index (χ4v) is 1.75. The lowest BCUT2D eigenvalue weighted by Crippen LogP contribution is -2.49. The second kappa shape index (κ2) is 9.51. The lowest BCUT2D eigenvalue weighted by molar-refractivity contribution is -0.140. The number of nitrogens with one attached hydrogen (secondary N) is 3. The van der Waals surface area contributed by atoms with E-state index >= 15 is 0 Å². The van der Waals surface area contributed by atoms with E-state index in [4.69, 9.17) is 24.9 Å². The second-order valence-electron chi connectivity index (χ2n) is 4.86. The van der Waals surface area contributed by atoms with Gasteiger partial charge < -0.3 is 40.9 Å². The van der Waals surface area contributed by atoms with E-state index < -0.39 is 49.1 Å². The Hall–Kier alpha value is -2.77. The molecule has 0 bridgehead atoms. The van der Waals surface area contributed by atoms with Gasteiger partial charge in [0.15, 0.2) is 11.9 Å². The van der Waals surface area contributed by atoms with Crippen molar-refractivity contribution in [3.05, 3.63) is 11.7 Å². The number of aliphatic carboxylic acids is 2. The zero-order valence-electron chi connectivity index (χ0n) is 13.2. The van der Waals surface area contributed by atoms with Gasteiger partial charge in [0.05, 0.1) is 25.7 Å². The van der Waals surface area contributed by atoms with Gasteiger partial charge in [-0.15, -0.1) is 0 Å². The Balaban J connectivity index is 2.89. The van der Waals surface area contributed by atoms with Crippen LogP contribution in [0.5, 0.6) is 0 Å². The molecule has 0 aliphatic heterocycles. The number of urea groups is 1. The summed E-state index contributed by atoms with van der Waals surface area (Å²) in [5.41, 5.74) is 0. The zero-order chi connectivity index (χ0) is 19.0. The standard InChI is InChI=1S/C12H19N5O8/c1-13-6(3-18)9-16-10(25-17-9)5(2-8(20)21)14-12(24)15-7(4-19)11(22)23/h5-7,13,18-19H,2-4H2,1H3,(H,20,21)(H,22,23)(H2,14,15,24). The van der Waals surface area contributed by atoms with Crippen molar-refractivity contribution in [3.8, 4) is 0 Å². The summed E-state index contributed by atoms with van der Waals surface area (Å²) >= 11 is 0. The second-order valence-corrected chi connectivity index (χ2v) is 4.86. The molecular formula is C12H19N5O8. The maximum absolute atomic E-state index is 11.8. The van der Waals surface area contributed by atoms with Crippen LogP contribution in [-0.2, 0) is 9.59 Å². The number of carboxylic acids is 2. The first-order valence-corrected chi connectivity index (χ1v) is 7.06. The number of aliphatic hydroxyl groups excluding tert-OH is 2. The number of likely N-dealkylation sites (N-methyl/N-ethyl adjacent to an activating group) is 1. The van der Waals surface area contributed by atoms with E-state index in [1.165, 1.54) is 7.05 Å². The number of carboxylic acid groups (broad SMARTS) is 2. The number of amides is 2. The van der Waals surface area contributed by atoms with Gasteiger partial charge in [-0.1, -0.05) is 5.16 Å². The largest absolute Gasteiger partial charge is 0.481 e. The third-order valence-corrected chi connectivity index (χ3v) is 3.07. The molecule has 0 fully saturated rings. The molecule has 1 aromatic heterocycles. The number of nitrogens with zero attached hydrogens (tertiary/aromatic N) is 2. The van der Waals surface area contributed by atoms with Crippen LogP contribution in [0.3, 0.4) is 0 Å². The van der Waals surface area contributed by atoms with Gasteiger partial charge in [-0.25, -0.2) is 9.59 Å². The zero-order valence-corrected chi connectivity index (χ0v) is 13.2. The van der Waals surface area contributed by atoms with E-state index in [2.05, 4.69) is 20.8 Å². The highest BCUT2D eigenvalue weighted by Crippen LogP contribution is 2.17. The van der Waals surface area contributed by atoms with Gasteiger partial charge in [0.1, 0.15) is 6.04 Å². The molecule has 0 saturated heterocycles. The molecule has 0 saturated carbocycles. The topological polar surface area (TPSA) is 207 Å². The van der Waals surface area contributed by atoms with Crippen molar-refractivity contribution in [1.82, 2.24) is 26.1 Å². The molecule has 3 atom stereocenters. The normalized spacial score (nSPS) is 14.4. The van der Waals surface area contributed by atoms with Gasteiger partial charge in [-0.05, 0) is 7.05 Å². The summed E-state index contributed by atoms with van der Waals surface area (Å²) in [5, 5.41) is 46.2. The number of carbonyl (C=O) groups is 3. The first-order valence-electron chi connectivity index (χ1n) is 7.06. The average Bonchev–Trinajstić information content (AvgIpc) is 3.02. The minimum absolute atomic E-state index is 0.0522. The third-order valence-electron chi connectivity index (χ3n) is 3.07. The number of rotatable bonds is 10. The van der Waals surface area contributed by atoms with Crippen LogP contribution in [0.1, 0.15) is 30.2 Å². The van der Waals surface area contributed by atoms with Gasteiger partial charge >= 0.3 is 18.0 Å². The van der Waals surface area contributed by atoms with Gasteiger partial charge in [0, 0.05) is 0 Å². The minimum Gasteiger partial charge on any atom is -0.481 e. The van der Waals surface area contributed by atoms with E-state index in [-0.39, 0.29) is 18.3 Å². The van der Waals surface area contributed by atoms with Crippen molar-refractivity contribution in [1.29, 1.82) is 0 Å². The average molecular weight is 361 g/mol. The van der Waals surface area contributed by atoms with Crippen LogP contribution in [0, 0.1) is 0 Å². The van der Waals surface area contributed by atoms with Crippen molar-refractivity contribution < 1.29 is 39.3 Å². The van der Waals surface area contributed by atoms with Crippen LogP contribution in [0.2, 0.25) is 0 Å². The number of carbonyl (C=O) groups excluding carboxylic acids is 1. The van der Waals surface area contributed by atoms with Gasteiger partial charge in [-0.3, -0.25) is 4.79 Å². The van der Waals surface area contributed by atoms with Crippen LogP contribution in [0.4, 0.5) is 4.79 Å². The Morgan fingerprint density at radius 1 is 1.12 bits per heavy atom. The smallest absolute Gasteiger partial charge is 0.328 e. The summed E-state index contributed by atoms with van der Waals surface area (Å²) in [5.74, 6) is -2.94. The molecular weight excluding hydrogens is 342 g/mol. The molecule has 3 unspecified atom stereocenters. The lowest BCUT2D eigenvalue weighted by Gasteiger charge is -2.16. The molecule has 1 rings (SSSR count). The maximum Gasteiger partial charge on any atom is 0.328 e. The van der Waals surface area contributed by atoms with Crippen molar-refractivity contribution in [3.63, 3.8) is 0 Å². The highest BCUT2D eigenvalue weighted by atomic mass is 16.5. The molecule has 0 spiro atoms. The highest BCUT2D eigenvalue weighted by Gasteiger charge is 2.27. The van der Waals surface area contributed by atoms with Crippen molar-refractivity contribution in [2.24, 2.45) is 0 Å². The number of hydrogen-bond donors (Lipinski definition) is 7. The van der Waals surface area contributed by atoms with Crippen LogP contribution in [-0.4, -0.2) is 74.8 Å². The summed E-state index contributed by atoms with van der Waals surface area (Å²) in [7, 11) is 1.54. The monoisotopic (exact) mass is 361 g/mol. The van der Waals surface area contributed by atoms with E-state index in [0.29, 0.717) is 0 Å². The Bertz CT molecular complexity index is 602. The SMILES string of the molecule is CNC(CO)c1noc(C(CC(=O)O)NC(=O)NC(CO)C(=O)O)n1. The summed E-state index contributed by atoms with van der Waals surface area (Å²) in [6, 6.07) is -4.50. The predicted octanol–water partition coefficient (Wildman–Crippen LogP) is -2.42. The molecule has 0 aliphatic rings. The maximum atomic E-state index is 11.8. The molecule has 13 heteroatoms. The molecule has 0 aliphatic carbocycles. The first-order chi connectivity index (χ1) is 11.8. The summed E-state index contributed by atoms with van der Waals surface area (Å²) < 4.78 is 4.91. The predicted molar refractivity (Wildman–Crippen MR) is 78.4 cm³/mol. The minimum atomic E-state index is -1.56. The van der Waals surface area contributed by atoms with E-state index in [1.54, 1.807) is 0 Å². The first kappa shape index (κ1) is 20.3. The molecule has 1 aromatic rings. The Morgan fingerprint density at radius 2 is 1.80 bits per heavy atom. The lowest BCUT2D eigenvalue weighted by atomic mass is 10.2. The molecule has 2 amide bonds. The van der Waals surface area contributed by atoms with Gasteiger partial charge in [-0.2, -0.15) is 4.98 Å². The van der Waals surface area contributed by atoms with E-state index in [0.717, 1.165) is 0 Å². The van der Waals surface area contributed by atoms with Crippen molar-refractivity contribution in [2.45, 2.75) is 24.5 Å². The molecule has 1 heterocycles. The number of hydrogen-bond acceptors (Lipinski definition) is 9. The fourth-order valence-electron chi connectivity index (χ4n) is 1.75. The molecule has 140 valence electrons. The Morgan fingerprint density at radius 3 is 2.28 bits per heavy atom. The molecule has 13 nitrogen and oxygen atoms in total. The fraction of sp³-hybridized carbons (Fsp3) is 0.583. The number of aliphatic hydroxyl groups is 2. The highest BCUT2D eigenvalue weighted by molar-refractivity contribution is 5.83. The van der Waals surface area contributed by atoms with Crippen LogP contribution in [0.25, 0.3) is 0 Å².